The second kappa shape index (κ2) is 5.48. The molecule has 1 atom stereocenters. The Bertz CT molecular complexity index is 524. The molecule has 5 nitrogen and oxygen atoms in total. The molecule has 1 heterocycles. The van der Waals surface area contributed by atoms with Gasteiger partial charge in [0.05, 0.1) is 11.3 Å². The Kier molecular flexibility index (Phi) is 3.94. The molecule has 2 rings (SSSR count). The van der Waals surface area contributed by atoms with Gasteiger partial charge in [0.15, 0.2) is 0 Å². The molecule has 0 aliphatic carbocycles. The first-order valence-corrected chi connectivity index (χ1v) is 6.82. The molecule has 0 bridgehead atoms. The number of rotatable bonds is 3. The Morgan fingerprint density at radius 1 is 1.47 bits per heavy atom. The third-order valence-electron chi connectivity index (χ3n) is 2.95. The molecule has 1 aliphatic heterocycles. The second-order valence-corrected chi connectivity index (χ2v) is 5.30. The normalized spacial score (nSPS) is 19.2. The van der Waals surface area contributed by atoms with E-state index in [9.17, 15) is 19.1 Å². The van der Waals surface area contributed by atoms with Crippen LogP contribution in [0.5, 0.6) is 0 Å². The third-order valence-corrected chi connectivity index (χ3v) is 3.97. The number of benzene rings is 1. The molecule has 1 aliphatic rings. The molecule has 1 fully saturated rings. The van der Waals surface area contributed by atoms with Crippen molar-refractivity contribution in [2.45, 2.75) is 6.04 Å². The predicted octanol–water partition coefficient (Wildman–Crippen LogP) is 0.931. The number of hydrogen-bond acceptors (Lipinski definition) is 4. The SMILES string of the molecule is NC(=O)c1cc(F)ccc1N1CCSCC1C(=O)O. The lowest BCUT2D eigenvalue weighted by Gasteiger charge is -2.35. The molecule has 19 heavy (non-hydrogen) atoms. The first kappa shape index (κ1) is 13.7. The third kappa shape index (κ3) is 2.81. The molecule has 1 aromatic carbocycles. The van der Waals surface area contributed by atoms with Crippen LogP contribution in [0.15, 0.2) is 18.2 Å². The topological polar surface area (TPSA) is 83.6 Å². The first-order valence-electron chi connectivity index (χ1n) is 5.67. The second-order valence-electron chi connectivity index (χ2n) is 4.15. The van der Waals surface area contributed by atoms with Gasteiger partial charge in [0.25, 0.3) is 5.91 Å². The van der Waals surface area contributed by atoms with Gasteiger partial charge in [-0.2, -0.15) is 11.8 Å². The predicted molar refractivity (Wildman–Crippen MR) is 71.0 cm³/mol. The minimum Gasteiger partial charge on any atom is -0.480 e. The molecule has 1 unspecified atom stereocenters. The fourth-order valence-electron chi connectivity index (χ4n) is 2.05. The van der Waals surface area contributed by atoms with E-state index < -0.39 is 23.7 Å². The van der Waals surface area contributed by atoms with Gasteiger partial charge in [-0.15, -0.1) is 0 Å². The van der Waals surface area contributed by atoms with Crippen LogP contribution in [-0.4, -0.2) is 41.1 Å². The molecule has 1 amide bonds. The summed E-state index contributed by atoms with van der Waals surface area (Å²) in [5.41, 5.74) is 5.62. The number of carbonyl (C=O) groups excluding carboxylic acids is 1. The molecule has 0 saturated carbocycles. The zero-order valence-electron chi connectivity index (χ0n) is 10.0. The number of halogens is 1. The Morgan fingerprint density at radius 2 is 2.21 bits per heavy atom. The van der Waals surface area contributed by atoms with Crippen LogP contribution in [0.25, 0.3) is 0 Å². The average molecular weight is 284 g/mol. The Morgan fingerprint density at radius 3 is 2.84 bits per heavy atom. The van der Waals surface area contributed by atoms with Crippen molar-refractivity contribution in [1.82, 2.24) is 0 Å². The van der Waals surface area contributed by atoms with E-state index in [2.05, 4.69) is 0 Å². The molecule has 0 spiro atoms. The van der Waals surface area contributed by atoms with Crippen molar-refractivity contribution >= 4 is 29.3 Å². The zero-order valence-corrected chi connectivity index (χ0v) is 10.8. The van der Waals surface area contributed by atoms with Gasteiger partial charge < -0.3 is 15.7 Å². The van der Waals surface area contributed by atoms with Crippen LogP contribution in [0.1, 0.15) is 10.4 Å². The van der Waals surface area contributed by atoms with E-state index in [0.29, 0.717) is 18.0 Å². The number of thioether (sulfide) groups is 1. The van der Waals surface area contributed by atoms with E-state index >= 15 is 0 Å². The van der Waals surface area contributed by atoms with E-state index in [4.69, 9.17) is 5.73 Å². The monoisotopic (exact) mass is 284 g/mol. The maximum atomic E-state index is 13.2. The smallest absolute Gasteiger partial charge is 0.327 e. The lowest BCUT2D eigenvalue weighted by Crippen LogP contribution is -2.48. The van der Waals surface area contributed by atoms with Crippen LogP contribution >= 0.6 is 11.8 Å². The molecule has 3 N–H and O–H groups in total. The summed E-state index contributed by atoms with van der Waals surface area (Å²) in [6.45, 7) is 0.480. The number of carbonyl (C=O) groups is 2. The van der Waals surface area contributed by atoms with E-state index in [1.54, 1.807) is 4.90 Å². The minimum atomic E-state index is -0.966. The van der Waals surface area contributed by atoms with Crippen molar-refractivity contribution in [3.05, 3.63) is 29.6 Å². The average Bonchev–Trinajstić information content (AvgIpc) is 2.38. The van der Waals surface area contributed by atoms with E-state index in [1.165, 1.54) is 23.9 Å². The fourth-order valence-corrected chi connectivity index (χ4v) is 3.09. The van der Waals surface area contributed by atoms with E-state index in [0.717, 1.165) is 11.8 Å². The number of carboxylic acids is 1. The van der Waals surface area contributed by atoms with E-state index in [-0.39, 0.29) is 5.56 Å². The first-order chi connectivity index (χ1) is 9.00. The van der Waals surface area contributed by atoms with Gasteiger partial charge in [-0.05, 0) is 18.2 Å². The van der Waals surface area contributed by atoms with Crippen LogP contribution in [0.2, 0.25) is 0 Å². The quantitative estimate of drug-likeness (QED) is 0.862. The summed E-state index contributed by atoms with van der Waals surface area (Å²) in [4.78, 5) is 24.2. The summed E-state index contributed by atoms with van der Waals surface area (Å²) in [6.07, 6.45) is 0. The molecule has 1 saturated heterocycles. The van der Waals surface area contributed by atoms with Crippen molar-refractivity contribution in [2.24, 2.45) is 5.73 Å². The standard InChI is InChI=1S/C12H13FN2O3S/c13-7-1-2-9(8(5-7)11(14)16)15-3-4-19-6-10(15)12(17)18/h1-2,5,10H,3-4,6H2,(H2,14,16)(H,17,18). The number of primary amides is 1. The highest BCUT2D eigenvalue weighted by Gasteiger charge is 2.31. The Hall–Kier alpha value is -1.76. The Balaban J connectivity index is 2.44. The van der Waals surface area contributed by atoms with Crippen molar-refractivity contribution in [3.63, 3.8) is 0 Å². The lowest BCUT2D eigenvalue weighted by atomic mass is 10.1. The van der Waals surface area contributed by atoms with Crippen molar-refractivity contribution in [1.29, 1.82) is 0 Å². The molecule has 1 aromatic rings. The van der Waals surface area contributed by atoms with Crippen molar-refractivity contribution in [3.8, 4) is 0 Å². The molecule has 102 valence electrons. The number of nitrogens with two attached hydrogens (primary N) is 1. The maximum Gasteiger partial charge on any atom is 0.327 e. The fraction of sp³-hybridized carbons (Fsp3) is 0.333. The number of amides is 1. The highest BCUT2D eigenvalue weighted by atomic mass is 32.2. The van der Waals surface area contributed by atoms with Crippen LogP contribution in [0, 0.1) is 5.82 Å². The van der Waals surface area contributed by atoms with Crippen molar-refractivity contribution < 1.29 is 19.1 Å². The van der Waals surface area contributed by atoms with Gasteiger partial charge in [-0.25, -0.2) is 9.18 Å². The highest BCUT2D eigenvalue weighted by Crippen LogP contribution is 2.28. The lowest BCUT2D eigenvalue weighted by molar-refractivity contribution is -0.138. The summed E-state index contributed by atoms with van der Waals surface area (Å²) in [5.74, 6) is -1.14. The van der Waals surface area contributed by atoms with Gasteiger partial charge in [0.2, 0.25) is 0 Å². The number of aliphatic carboxylic acids is 1. The summed E-state index contributed by atoms with van der Waals surface area (Å²) in [7, 11) is 0. The van der Waals surface area contributed by atoms with Crippen LogP contribution < -0.4 is 10.6 Å². The summed E-state index contributed by atoms with van der Waals surface area (Å²) in [6, 6.07) is 2.91. The van der Waals surface area contributed by atoms with Gasteiger partial charge in [0, 0.05) is 18.1 Å². The van der Waals surface area contributed by atoms with Gasteiger partial charge in [-0.1, -0.05) is 0 Å². The summed E-state index contributed by atoms with van der Waals surface area (Å²) in [5, 5.41) is 9.21. The van der Waals surface area contributed by atoms with Gasteiger partial charge in [-0.3, -0.25) is 4.79 Å². The molecular formula is C12H13FN2O3S. The summed E-state index contributed by atoms with van der Waals surface area (Å²) >= 11 is 1.53. The maximum absolute atomic E-state index is 13.2. The number of nitrogens with zero attached hydrogens (tertiary/aromatic N) is 1. The molecular weight excluding hydrogens is 271 g/mol. The highest BCUT2D eigenvalue weighted by molar-refractivity contribution is 7.99. The van der Waals surface area contributed by atoms with Gasteiger partial charge >= 0.3 is 5.97 Å². The van der Waals surface area contributed by atoms with Crippen LogP contribution in [0.4, 0.5) is 10.1 Å². The summed E-state index contributed by atoms with van der Waals surface area (Å²) < 4.78 is 13.2. The number of anilines is 1. The zero-order chi connectivity index (χ0) is 14.0. The largest absolute Gasteiger partial charge is 0.480 e. The number of carboxylic acid groups (broad SMARTS) is 1. The minimum absolute atomic E-state index is 0.0122. The number of hydrogen-bond donors (Lipinski definition) is 2. The molecule has 7 heteroatoms. The molecule has 0 radical (unpaired) electrons. The van der Waals surface area contributed by atoms with E-state index in [1.807, 2.05) is 0 Å². The van der Waals surface area contributed by atoms with Crippen molar-refractivity contribution in [2.75, 3.05) is 23.0 Å². The van der Waals surface area contributed by atoms with Gasteiger partial charge in [0.1, 0.15) is 11.9 Å². The van der Waals surface area contributed by atoms with Crippen LogP contribution in [-0.2, 0) is 4.79 Å². The Labute approximate surface area is 113 Å². The van der Waals surface area contributed by atoms with Crippen LogP contribution in [0.3, 0.4) is 0 Å². The molecule has 0 aromatic heterocycles.